The average molecular weight is 510 g/mol. The first-order valence-corrected chi connectivity index (χ1v) is 12.8. The van der Waals surface area contributed by atoms with Crippen molar-refractivity contribution in [2.45, 2.75) is 5.16 Å². The zero-order chi connectivity index (χ0) is 22.8. The summed E-state index contributed by atoms with van der Waals surface area (Å²) in [5, 5.41) is 5.48. The number of carbonyl (C=O) groups is 1. The molecule has 0 aliphatic heterocycles. The third kappa shape index (κ3) is 4.40. The van der Waals surface area contributed by atoms with E-state index in [1.165, 1.54) is 39.0 Å². The van der Waals surface area contributed by atoms with Crippen molar-refractivity contribution in [1.29, 1.82) is 0 Å². The highest BCUT2D eigenvalue weighted by atomic mass is 32.2. The van der Waals surface area contributed by atoms with Crippen LogP contribution in [0.15, 0.2) is 82.2 Å². The van der Waals surface area contributed by atoms with Gasteiger partial charge in [-0.15, -0.1) is 11.3 Å². The Hall–Kier alpha value is -3.12. The number of carbonyl (C=O) groups excluding carboxylic acids is 1. The lowest BCUT2D eigenvalue weighted by Gasteiger charge is -2.12. The summed E-state index contributed by atoms with van der Waals surface area (Å²) in [5.74, 6) is -0.158. The summed E-state index contributed by atoms with van der Waals surface area (Å²) < 4.78 is 4.32. The molecule has 5 aromatic rings. The molecular formula is C22H15N5O2S4. The van der Waals surface area contributed by atoms with E-state index in [0.717, 1.165) is 5.69 Å². The van der Waals surface area contributed by atoms with E-state index >= 15 is 0 Å². The normalized spacial score (nSPS) is 11.0. The maximum absolute atomic E-state index is 13.6. The number of anilines is 1. The largest absolute Gasteiger partial charge is 0.301 e. The highest BCUT2D eigenvalue weighted by molar-refractivity contribution is 7.99. The molecular weight excluding hydrogens is 495 g/mol. The van der Waals surface area contributed by atoms with Crippen LogP contribution in [0.3, 0.4) is 0 Å². The van der Waals surface area contributed by atoms with Gasteiger partial charge in [-0.25, -0.2) is 9.97 Å². The molecule has 0 bridgehead atoms. The molecule has 1 amide bonds. The summed E-state index contributed by atoms with van der Waals surface area (Å²) in [6, 6.07) is 18.8. The van der Waals surface area contributed by atoms with Crippen molar-refractivity contribution in [3.8, 4) is 11.4 Å². The molecule has 5 rings (SSSR count). The summed E-state index contributed by atoms with van der Waals surface area (Å²) in [6.45, 7) is 0. The Morgan fingerprint density at radius 1 is 1.03 bits per heavy atom. The molecule has 33 heavy (non-hydrogen) atoms. The molecule has 0 radical (unpaired) electrons. The maximum Gasteiger partial charge on any atom is 0.278 e. The molecule has 0 fully saturated rings. The summed E-state index contributed by atoms with van der Waals surface area (Å²) in [6.07, 6.45) is 1.63. The smallest absolute Gasteiger partial charge is 0.278 e. The zero-order valence-electron chi connectivity index (χ0n) is 16.9. The molecule has 11 heteroatoms. The number of thiazole rings is 2. The number of para-hydroxylation sites is 2. The first kappa shape index (κ1) is 21.7. The Kier molecular flexibility index (Phi) is 6.18. The van der Waals surface area contributed by atoms with Gasteiger partial charge in [0.05, 0.1) is 11.4 Å². The number of aromatic nitrogens is 4. The van der Waals surface area contributed by atoms with E-state index in [-0.39, 0.29) is 17.2 Å². The van der Waals surface area contributed by atoms with E-state index in [0.29, 0.717) is 30.3 Å². The Labute approximate surface area is 205 Å². The van der Waals surface area contributed by atoms with Crippen molar-refractivity contribution in [3.63, 3.8) is 0 Å². The highest BCUT2D eigenvalue weighted by Gasteiger charge is 2.19. The monoisotopic (exact) mass is 509 g/mol. The van der Waals surface area contributed by atoms with E-state index in [2.05, 4.69) is 10.3 Å². The molecule has 3 aromatic heterocycles. The first-order chi connectivity index (χ1) is 16.1. The molecule has 1 N–H and O–H groups in total. The van der Waals surface area contributed by atoms with E-state index in [1.54, 1.807) is 16.1 Å². The fourth-order valence-corrected chi connectivity index (χ4v) is 5.87. The van der Waals surface area contributed by atoms with Crippen molar-refractivity contribution in [2.24, 2.45) is 0 Å². The van der Waals surface area contributed by atoms with Gasteiger partial charge in [-0.3, -0.25) is 18.7 Å². The van der Waals surface area contributed by atoms with Gasteiger partial charge in [0.1, 0.15) is 4.70 Å². The van der Waals surface area contributed by atoms with Crippen molar-refractivity contribution in [1.82, 2.24) is 19.1 Å². The van der Waals surface area contributed by atoms with Crippen LogP contribution in [0.4, 0.5) is 5.13 Å². The number of nitrogens with zero attached hydrogens (tertiary/aromatic N) is 4. The van der Waals surface area contributed by atoms with Gasteiger partial charge in [0.2, 0.25) is 5.91 Å². The van der Waals surface area contributed by atoms with Gasteiger partial charge in [0, 0.05) is 17.3 Å². The van der Waals surface area contributed by atoms with Crippen LogP contribution in [-0.2, 0) is 4.79 Å². The van der Waals surface area contributed by atoms with Crippen LogP contribution in [-0.4, -0.2) is 30.8 Å². The lowest BCUT2D eigenvalue weighted by Crippen LogP contribution is -2.22. The van der Waals surface area contributed by atoms with Gasteiger partial charge in [-0.05, 0) is 36.5 Å². The molecule has 0 aliphatic rings. The van der Waals surface area contributed by atoms with Crippen LogP contribution in [0.5, 0.6) is 0 Å². The number of hydrogen-bond donors (Lipinski definition) is 1. The number of hydrogen-bond acceptors (Lipinski definition) is 8. The lowest BCUT2D eigenvalue weighted by atomic mass is 10.3. The minimum Gasteiger partial charge on any atom is -0.301 e. The maximum atomic E-state index is 13.6. The van der Waals surface area contributed by atoms with Crippen molar-refractivity contribution in [3.05, 3.63) is 86.5 Å². The van der Waals surface area contributed by atoms with E-state index in [4.69, 9.17) is 17.2 Å². The van der Waals surface area contributed by atoms with Gasteiger partial charge in [0.25, 0.3) is 5.56 Å². The minimum absolute atomic E-state index is 0.0700. The fourth-order valence-electron chi connectivity index (χ4n) is 3.21. The number of amides is 1. The Balaban J connectivity index is 1.62. The van der Waals surface area contributed by atoms with Gasteiger partial charge in [-0.2, -0.15) is 0 Å². The third-order valence-corrected chi connectivity index (χ3v) is 7.60. The SMILES string of the molecule is O=C(CSc1nc2c(sc(=S)n2-c2ccccc2)c(=O)n1-c1ccccc1)Nc1nccs1. The van der Waals surface area contributed by atoms with Gasteiger partial charge in [-0.1, -0.05) is 59.5 Å². The van der Waals surface area contributed by atoms with Crippen LogP contribution in [0.1, 0.15) is 0 Å². The Bertz CT molecular complexity index is 1540. The number of benzene rings is 2. The standard InChI is InChI=1S/C22H15N5O2S4/c28-16(24-20-23-11-12-31-20)13-32-21-25-18-17(19(29)27(21)15-9-5-2-6-10-15)33-22(30)26(18)14-7-3-1-4-8-14/h1-12H,13H2,(H,23,24,28). The predicted molar refractivity (Wildman–Crippen MR) is 137 cm³/mol. The fraction of sp³-hybridized carbons (Fsp3) is 0.0455. The highest BCUT2D eigenvalue weighted by Crippen LogP contribution is 2.27. The second kappa shape index (κ2) is 9.40. The molecule has 3 heterocycles. The summed E-state index contributed by atoms with van der Waals surface area (Å²) in [7, 11) is 0. The second-order valence-electron chi connectivity index (χ2n) is 6.74. The number of thioether (sulfide) groups is 1. The van der Waals surface area contributed by atoms with E-state index in [1.807, 2.05) is 60.7 Å². The molecule has 2 aromatic carbocycles. The number of fused-ring (bicyclic) bond motifs is 1. The van der Waals surface area contributed by atoms with Crippen molar-refractivity contribution in [2.75, 3.05) is 11.1 Å². The van der Waals surface area contributed by atoms with Crippen LogP contribution < -0.4 is 10.9 Å². The van der Waals surface area contributed by atoms with Gasteiger partial charge >= 0.3 is 0 Å². The molecule has 7 nitrogen and oxygen atoms in total. The summed E-state index contributed by atoms with van der Waals surface area (Å²) in [5.41, 5.74) is 1.76. The van der Waals surface area contributed by atoms with Crippen LogP contribution in [0.25, 0.3) is 21.7 Å². The van der Waals surface area contributed by atoms with Gasteiger partial charge < -0.3 is 5.32 Å². The molecule has 0 atom stereocenters. The molecule has 0 aliphatic carbocycles. The summed E-state index contributed by atoms with van der Waals surface area (Å²) >= 11 is 9.35. The van der Waals surface area contributed by atoms with E-state index < -0.39 is 0 Å². The topological polar surface area (TPSA) is 81.8 Å². The predicted octanol–water partition coefficient (Wildman–Crippen LogP) is 5.15. The molecule has 0 saturated carbocycles. The molecule has 0 unspecified atom stereocenters. The van der Waals surface area contributed by atoms with Gasteiger partial charge in [0.15, 0.2) is 19.9 Å². The average Bonchev–Trinajstić information content (AvgIpc) is 3.46. The third-order valence-electron chi connectivity index (χ3n) is 4.62. The van der Waals surface area contributed by atoms with Crippen LogP contribution in [0, 0.1) is 3.95 Å². The minimum atomic E-state index is -0.228. The number of rotatable bonds is 6. The molecule has 0 spiro atoms. The van der Waals surface area contributed by atoms with E-state index in [9.17, 15) is 9.59 Å². The first-order valence-electron chi connectivity index (χ1n) is 9.73. The van der Waals surface area contributed by atoms with Crippen molar-refractivity contribution >= 4 is 68.0 Å². The quantitative estimate of drug-likeness (QED) is 0.194. The number of nitrogens with one attached hydrogen (secondary N) is 1. The Morgan fingerprint density at radius 2 is 1.70 bits per heavy atom. The van der Waals surface area contributed by atoms with Crippen molar-refractivity contribution < 1.29 is 4.79 Å². The second-order valence-corrected chi connectivity index (χ2v) is 10.2. The Morgan fingerprint density at radius 3 is 2.33 bits per heavy atom. The van der Waals surface area contributed by atoms with Crippen LogP contribution >= 0.6 is 46.7 Å². The van der Waals surface area contributed by atoms with Crippen LogP contribution in [0.2, 0.25) is 0 Å². The summed E-state index contributed by atoms with van der Waals surface area (Å²) in [4.78, 5) is 35.0. The molecule has 0 saturated heterocycles. The zero-order valence-corrected chi connectivity index (χ0v) is 20.1. The lowest BCUT2D eigenvalue weighted by molar-refractivity contribution is -0.113. The molecule has 164 valence electrons.